The van der Waals surface area contributed by atoms with Crippen LogP contribution in [0.4, 0.5) is 4.39 Å². The standard InChI is InChI=1S/C14H12FN3O/c15-13-4-10(6-16)3-11(5-13)12-7-17-18(8-12)14-1-2-19-9-14/h1-5,7-9H,6,16H2. The third-order valence-electron chi connectivity index (χ3n) is 2.88. The van der Waals surface area contributed by atoms with Crippen molar-refractivity contribution in [2.75, 3.05) is 0 Å². The van der Waals surface area contributed by atoms with Crippen molar-refractivity contribution in [1.29, 1.82) is 0 Å². The van der Waals surface area contributed by atoms with Crippen LogP contribution in [-0.2, 0) is 6.54 Å². The first-order valence-electron chi connectivity index (χ1n) is 5.83. The molecule has 0 saturated heterocycles. The average molecular weight is 257 g/mol. The van der Waals surface area contributed by atoms with Crippen LogP contribution in [0.5, 0.6) is 0 Å². The topological polar surface area (TPSA) is 57.0 Å². The van der Waals surface area contributed by atoms with Gasteiger partial charge in [0.2, 0.25) is 0 Å². The number of nitrogens with two attached hydrogens (primary N) is 1. The number of hydrogen-bond donors (Lipinski definition) is 1. The van der Waals surface area contributed by atoms with E-state index >= 15 is 0 Å². The Morgan fingerprint density at radius 3 is 2.89 bits per heavy atom. The van der Waals surface area contributed by atoms with Gasteiger partial charge in [-0.2, -0.15) is 5.10 Å². The Morgan fingerprint density at radius 2 is 2.16 bits per heavy atom. The Balaban J connectivity index is 2.01. The molecule has 2 heterocycles. The second kappa shape index (κ2) is 4.70. The average Bonchev–Trinajstić information content (AvgIpc) is 3.08. The molecule has 0 aliphatic carbocycles. The van der Waals surface area contributed by atoms with Crippen LogP contribution >= 0.6 is 0 Å². The summed E-state index contributed by atoms with van der Waals surface area (Å²) in [6.07, 6.45) is 6.67. The lowest BCUT2D eigenvalue weighted by Gasteiger charge is -2.02. The number of halogens is 1. The quantitative estimate of drug-likeness (QED) is 0.784. The molecule has 3 rings (SSSR count). The Kier molecular flexibility index (Phi) is 2.89. The lowest BCUT2D eigenvalue weighted by Crippen LogP contribution is -1.97. The third kappa shape index (κ3) is 2.28. The molecule has 19 heavy (non-hydrogen) atoms. The van der Waals surface area contributed by atoms with E-state index in [1.807, 2.05) is 12.3 Å². The monoisotopic (exact) mass is 257 g/mol. The predicted octanol–water partition coefficient (Wildman–Crippen LogP) is 2.73. The minimum atomic E-state index is -0.297. The molecule has 0 atom stereocenters. The number of rotatable bonds is 3. The highest BCUT2D eigenvalue weighted by atomic mass is 19.1. The summed E-state index contributed by atoms with van der Waals surface area (Å²) >= 11 is 0. The zero-order valence-electron chi connectivity index (χ0n) is 10.1. The largest absolute Gasteiger partial charge is 0.470 e. The van der Waals surface area contributed by atoms with Gasteiger partial charge in [0.1, 0.15) is 17.8 Å². The first-order valence-corrected chi connectivity index (χ1v) is 5.83. The van der Waals surface area contributed by atoms with E-state index < -0.39 is 0 Å². The van der Waals surface area contributed by atoms with Crippen molar-refractivity contribution >= 4 is 0 Å². The van der Waals surface area contributed by atoms with Gasteiger partial charge in [-0.15, -0.1) is 0 Å². The van der Waals surface area contributed by atoms with Gasteiger partial charge >= 0.3 is 0 Å². The lowest BCUT2D eigenvalue weighted by molar-refractivity contribution is 0.564. The molecule has 0 bridgehead atoms. The Hall–Kier alpha value is -2.40. The molecule has 4 nitrogen and oxygen atoms in total. The number of nitrogens with zero attached hydrogens (tertiary/aromatic N) is 2. The maximum absolute atomic E-state index is 13.5. The summed E-state index contributed by atoms with van der Waals surface area (Å²) in [5.74, 6) is -0.297. The van der Waals surface area contributed by atoms with Crippen LogP contribution in [0.1, 0.15) is 5.56 Å². The van der Waals surface area contributed by atoms with Crippen LogP contribution in [0, 0.1) is 5.82 Å². The second-order valence-electron chi connectivity index (χ2n) is 4.21. The molecule has 1 aromatic carbocycles. The fourth-order valence-corrected chi connectivity index (χ4v) is 1.94. The van der Waals surface area contributed by atoms with Gasteiger partial charge in [0, 0.05) is 24.4 Å². The summed E-state index contributed by atoms with van der Waals surface area (Å²) in [4.78, 5) is 0. The van der Waals surface area contributed by atoms with Crippen molar-refractivity contribution in [3.05, 3.63) is 60.6 Å². The third-order valence-corrected chi connectivity index (χ3v) is 2.88. The normalized spacial score (nSPS) is 10.8. The molecule has 0 saturated carbocycles. The Morgan fingerprint density at radius 1 is 1.26 bits per heavy atom. The Bertz CT molecular complexity index is 689. The van der Waals surface area contributed by atoms with Gasteiger partial charge in [0.15, 0.2) is 0 Å². The minimum Gasteiger partial charge on any atom is -0.470 e. The maximum Gasteiger partial charge on any atom is 0.124 e. The van der Waals surface area contributed by atoms with E-state index in [2.05, 4.69) is 5.10 Å². The van der Waals surface area contributed by atoms with E-state index in [0.29, 0.717) is 6.54 Å². The first kappa shape index (κ1) is 11.7. The van der Waals surface area contributed by atoms with Crippen molar-refractivity contribution < 1.29 is 8.81 Å². The van der Waals surface area contributed by atoms with Gasteiger partial charge in [-0.25, -0.2) is 9.07 Å². The maximum atomic E-state index is 13.5. The van der Waals surface area contributed by atoms with Crippen LogP contribution in [0.25, 0.3) is 16.8 Å². The highest BCUT2D eigenvalue weighted by Crippen LogP contribution is 2.22. The molecule has 5 heteroatoms. The molecule has 0 aliphatic heterocycles. The summed E-state index contributed by atoms with van der Waals surface area (Å²) in [6.45, 7) is 0.306. The Labute approximate surface area is 109 Å². The fourth-order valence-electron chi connectivity index (χ4n) is 1.94. The van der Waals surface area contributed by atoms with Crippen LogP contribution in [0.3, 0.4) is 0 Å². The molecule has 0 unspecified atom stereocenters. The smallest absolute Gasteiger partial charge is 0.124 e. The number of hydrogen-bond acceptors (Lipinski definition) is 3. The molecule has 0 spiro atoms. The van der Waals surface area contributed by atoms with Gasteiger partial charge in [-0.05, 0) is 29.3 Å². The molecule has 0 aliphatic rings. The molecule has 0 fully saturated rings. The lowest BCUT2D eigenvalue weighted by atomic mass is 10.1. The highest BCUT2D eigenvalue weighted by molar-refractivity contribution is 5.63. The van der Waals surface area contributed by atoms with E-state index in [1.54, 1.807) is 29.5 Å². The molecule has 0 amide bonds. The van der Waals surface area contributed by atoms with E-state index in [-0.39, 0.29) is 5.82 Å². The van der Waals surface area contributed by atoms with Gasteiger partial charge in [0.05, 0.1) is 12.5 Å². The van der Waals surface area contributed by atoms with E-state index in [9.17, 15) is 4.39 Å². The van der Waals surface area contributed by atoms with Crippen molar-refractivity contribution in [1.82, 2.24) is 9.78 Å². The van der Waals surface area contributed by atoms with Crippen molar-refractivity contribution in [2.45, 2.75) is 6.54 Å². The van der Waals surface area contributed by atoms with Crippen LogP contribution in [0.15, 0.2) is 53.6 Å². The van der Waals surface area contributed by atoms with Crippen LogP contribution in [0.2, 0.25) is 0 Å². The number of furan rings is 1. The summed E-state index contributed by atoms with van der Waals surface area (Å²) < 4.78 is 20.2. The van der Waals surface area contributed by atoms with Gasteiger partial charge in [0.25, 0.3) is 0 Å². The molecule has 2 aromatic heterocycles. The van der Waals surface area contributed by atoms with Crippen molar-refractivity contribution in [3.63, 3.8) is 0 Å². The summed E-state index contributed by atoms with van der Waals surface area (Å²) in [5, 5.41) is 4.22. The molecule has 0 radical (unpaired) electrons. The first-order chi connectivity index (χ1) is 9.26. The number of benzene rings is 1. The van der Waals surface area contributed by atoms with Crippen LogP contribution < -0.4 is 5.73 Å². The van der Waals surface area contributed by atoms with Crippen molar-refractivity contribution in [3.8, 4) is 16.8 Å². The van der Waals surface area contributed by atoms with E-state index in [0.717, 1.165) is 22.4 Å². The zero-order chi connectivity index (χ0) is 13.2. The van der Waals surface area contributed by atoms with Gasteiger partial charge in [-0.3, -0.25) is 0 Å². The second-order valence-corrected chi connectivity index (χ2v) is 4.21. The fraction of sp³-hybridized carbons (Fsp3) is 0.0714. The summed E-state index contributed by atoms with van der Waals surface area (Å²) in [6, 6.07) is 6.56. The van der Waals surface area contributed by atoms with E-state index in [4.69, 9.17) is 10.2 Å². The van der Waals surface area contributed by atoms with Gasteiger partial charge in [-0.1, -0.05) is 0 Å². The summed E-state index contributed by atoms with van der Waals surface area (Å²) in [7, 11) is 0. The number of aromatic nitrogens is 2. The highest BCUT2D eigenvalue weighted by Gasteiger charge is 2.07. The summed E-state index contributed by atoms with van der Waals surface area (Å²) in [5.41, 5.74) is 8.71. The molecular formula is C14H12FN3O. The molecule has 3 aromatic rings. The molecule has 96 valence electrons. The van der Waals surface area contributed by atoms with Crippen molar-refractivity contribution in [2.24, 2.45) is 5.73 Å². The SMILES string of the molecule is NCc1cc(F)cc(-c2cnn(-c3ccoc3)c2)c1. The predicted molar refractivity (Wildman–Crippen MR) is 69.1 cm³/mol. The minimum absolute atomic E-state index is 0.297. The van der Waals surface area contributed by atoms with Crippen LogP contribution in [-0.4, -0.2) is 9.78 Å². The van der Waals surface area contributed by atoms with E-state index in [1.165, 1.54) is 12.1 Å². The molecular weight excluding hydrogens is 245 g/mol. The molecule has 2 N–H and O–H groups in total. The van der Waals surface area contributed by atoms with Gasteiger partial charge < -0.3 is 10.2 Å². The zero-order valence-corrected chi connectivity index (χ0v) is 10.1.